The predicted molar refractivity (Wildman–Crippen MR) is 72.1 cm³/mol. The zero-order valence-electron chi connectivity index (χ0n) is 11.0. The maximum Gasteiger partial charge on any atom is 0.217 e. The van der Waals surface area contributed by atoms with Gasteiger partial charge < -0.3 is 10.5 Å². The summed E-state index contributed by atoms with van der Waals surface area (Å²) in [5.41, 5.74) is 1.57. The first-order valence-corrected chi connectivity index (χ1v) is 6.60. The Kier molecular flexibility index (Phi) is 4.49. The monoisotopic (exact) mass is 261 g/mol. The Labute approximate surface area is 112 Å². The number of hydrogen-bond acceptors (Lipinski definition) is 4. The van der Waals surface area contributed by atoms with Gasteiger partial charge in [-0.1, -0.05) is 5.16 Å². The minimum atomic E-state index is 0.0201. The molecule has 0 aromatic carbocycles. The summed E-state index contributed by atoms with van der Waals surface area (Å²) in [6.07, 6.45) is 7.09. The standard InChI is InChI=1S/C14H19N3O2/c1-10(18)16-13-6-4-11(5-7-13)14(17-19)12-3-2-8-15-9-12/h2-3,8-9,11,13,19H,4-7H2,1H3,(H,16,18). The number of oxime groups is 1. The Hall–Kier alpha value is -1.91. The van der Waals surface area contributed by atoms with Crippen molar-refractivity contribution in [2.75, 3.05) is 0 Å². The fraction of sp³-hybridized carbons (Fsp3) is 0.500. The molecular weight excluding hydrogens is 242 g/mol. The van der Waals surface area contributed by atoms with Gasteiger partial charge in [-0.15, -0.1) is 0 Å². The lowest BCUT2D eigenvalue weighted by atomic mass is 9.81. The average molecular weight is 261 g/mol. The molecule has 19 heavy (non-hydrogen) atoms. The molecule has 1 aliphatic carbocycles. The fourth-order valence-corrected chi connectivity index (χ4v) is 2.69. The van der Waals surface area contributed by atoms with Gasteiger partial charge in [-0.05, 0) is 37.8 Å². The van der Waals surface area contributed by atoms with E-state index in [9.17, 15) is 10.0 Å². The van der Waals surface area contributed by atoms with Crippen molar-refractivity contribution in [1.82, 2.24) is 10.3 Å². The van der Waals surface area contributed by atoms with Crippen LogP contribution in [0.5, 0.6) is 0 Å². The van der Waals surface area contributed by atoms with E-state index >= 15 is 0 Å². The lowest BCUT2D eigenvalue weighted by Crippen LogP contribution is -2.37. The lowest BCUT2D eigenvalue weighted by Gasteiger charge is -2.29. The number of amides is 1. The van der Waals surface area contributed by atoms with Crippen LogP contribution < -0.4 is 5.32 Å². The summed E-state index contributed by atoms with van der Waals surface area (Å²) in [5, 5.41) is 15.6. The number of carbonyl (C=O) groups is 1. The van der Waals surface area contributed by atoms with Crippen molar-refractivity contribution in [2.45, 2.75) is 38.6 Å². The van der Waals surface area contributed by atoms with Crippen LogP contribution in [0.25, 0.3) is 0 Å². The predicted octanol–water partition coefficient (Wildman–Crippen LogP) is 1.95. The van der Waals surface area contributed by atoms with E-state index in [1.165, 1.54) is 0 Å². The summed E-state index contributed by atoms with van der Waals surface area (Å²) >= 11 is 0. The van der Waals surface area contributed by atoms with Crippen LogP contribution in [0.3, 0.4) is 0 Å². The van der Waals surface area contributed by atoms with E-state index in [0.717, 1.165) is 31.2 Å². The minimum Gasteiger partial charge on any atom is -0.411 e. The molecule has 0 spiro atoms. The molecule has 1 aromatic rings. The number of carbonyl (C=O) groups excluding carboxylic acids is 1. The zero-order valence-corrected chi connectivity index (χ0v) is 11.0. The Morgan fingerprint density at radius 3 is 2.68 bits per heavy atom. The highest BCUT2D eigenvalue weighted by atomic mass is 16.4. The summed E-state index contributed by atoms with van der Waals surface area (Å²) in [6, 6.07) is 3.99. The van der Waals surface area contributed by atoms with Crippen LogP contribution in [0, 0.1) is 5.92 Å². The summed E-state index contributed by atoms with van der Waals surface area (Å²) in [4.78, 5) is 15.1. The third-order valence-corrected chi connectivity index (χ3v) is 3.59. The quantitative estimate of drug-likeness (QED) is 0.496. The number of nitrogens with zero attached hydrogens (tertiary/aromatic N) is 2. The van der Waals surface area contributed by atoms with Gasteiger partial charge in [0.25, 0.3) is 0 Å². The molecule has 2 rings (SSSR count). The van der Waals surface area contributed by atoms with Crippen molar-refractivity contribution in [1.29, 1.82) is 0 Å². The van der Waals surface area contributed by atoms with Gasteiger partial charge in [0, 0.05) is 36.8 Å². The molecule has 102 valence electrons. The maximum absolute atomic E-state index is 11.0. The van der Waals surface area contributed by atoms with Crippen LogP contribution >= 0.6 is 0 Å². The molecule has 1 aromatic heterocycles. The third-order valence-electron chi connectivity index (χ3n) is 3.59. The van der Waals surface area contributed by atoms with Crippen LogP contribution in [0.15, 0.2) is 29.7 Å². The Morgan fingerprint density at radius 1 is 1.42 bits per heavy atom. The highest BCUT2D eigenvalue weighted by Gasteiger charge is 2.26. The van der Waals surface area contributed by atoms with Crippen LogP contribution in [0.2, 0.25) is 0 Å². The van der Waals surface area contributed by atoms with E-state index in [2.05, 4.69) is 15.5 Å². The summed E-state index contributed by atoms with van der Waals surface area (Å²) in [7, 11) is 0. The first kappa shape index (κ1) is 13.5. The third kappa shape index (κ3) is 3.53. The van der Waals surface area contributed by atoms with Crippen molar-refractivity contribution in [3.05, 3.63) is 30.1 Å². The lowest BCUT2D eigenvalue weighted by molar-refractivity contribution is -0.119. The molecule has 0 aliphatic heterocycles. The highest BCUT2D eigenvalue weighted by Crippen LogP contribution is 2.27. The molecule has 5 heteroatoms. The molecule has 1 aliphatic rings. The molecular formula is C14H19N3O2. The molecule has 0 saturated heterocycles. The average Bonchev–Trinajstić information content (AvgIpc) is 2.42. The molecule has 1 fully saturated rings. The molecule has 1 heterocycles. The van der Waals surface area contributed by atoms with Gasteiger partial charge in [-0.2, -0.15) is 0 Å². The van der Waals surface area contributed by atoms with E-state index in [0.29, 0.717) is 5.71 Å². The molecule has 0 atom stereocenters. The van der Waals surface area contributed by atoms with Crippen molar-refractivity contribution in [2.24, 2.45) is 11.1 Å². The Balaban J connectivity index is 1.98. The first-order chi connectivity index (χ1) is 9.20. The first-order valence-electron chi connectivity index (χ1n) is 6.60. The second kappa shape index (κ2) is 6.31. The van der Waals surface area contributed by atoms with Gasteiger partial charge in [0.15, 0.2) is 0 Å². The maximum atomic E-state index is 11.0. The molecule has 2 N–H and O–H groups in total. The van der Waals surface area contributed by atoms with Crippen molar-refractivity contribution >= 4 is 11.6 Å². The van der Waals surface area contributed by atoms with Crippen molar-refractivity contribution in [3.63, 3.8) is 0 Å². The smallest absolute Gasteiger partial charge is 0.217 e. The highest BCUT2D eigenvalue weighted by molar-refractivity contribution is 6.01. The van der Waals surface area contributed by atoms with Gasteiger partial charge in [-0.25, -0.2) is 0 Å². The normalized spacial score (nSPS) is 23.9. The molecule has 1 saturated carbocycles. The summed E-state index contributed by atoms with van der Waals surface area (Å²) in [6.45, 7) is 1.54. The van der Waals surface area contributed by atoms with E-state index in [1.807, 2.05) is 12.1 Å². The van der Waals surface area contributed by atoms with Crippen molar-refractivity contribution in [3.8, 4) is 0 Å². The topological polar surface area (TPSA) is 74.6 Å². The second-order valence-electron chi connectivity index (χ2n) is 4.98. The van der Waals surface area contributed by atoms with E-state index in [4.69, 9.17) is 0 Å². The summed E-state index contributed by atoms with van der Waals surface area (Å²) in [5.74, 6) is 0.256. The van der Waals surface area contributed by atoms with Gasteiger partial charge in [0.1, 0.15) is 0 Å². The van der Waals surface area contributed by atoms with E-state index in [1.54, 1.807) is 19.3 Å². The van der Waals surface area contributed by atoms with Crippen LogP contribution in [0.4, 0.5) is 0 Å². The van der Waals surface area contributed by atoms with Gasteiger partial charge in [0.2, 0.25) is 5.91 Å². The number of rotatable bonds is 3. The summed E-state index contributed by atoms with van der Waals surface area (Å²) < 4.78 is 0. The number of hydrogen-bond donors (Lipinski definition) is 2. The van der Waals surface area contributed by atoms with Crippen LogP contribution in [-0.4, -0.2) is 27.9 Å². The molecule has 1 amide bonds. The molecule has 0 radical (unpaired) electrons. The number of pyridine rings is 1. The van der Waals surface area contributed by atoms with E-state index in [-0.39, 0.29) is 17.9 Å². The Morgan fingerprint density at radius 2 is 2.16 bits per heavy atom. The molecule has 0 unspecified atom stereocenters. The fourth-order valence-electron chi connectivity index (χ4n) is 2.69. The molecule has 0 bridgehead atoms. The Bertz CT molecular complexity index is 451. The molecule has 5 nitrogen and oxygen atoms in total. The van der Waals surface area contributed by atoms with E-state index < -0.39 is 0 Å². The SMILES string of the molecule is CC(=O)NC1CCC(C(=NO)c2cccnc2)CC1. The van der Waals surface area contributed by atoms with Gasteiger partial charge in [-0.3, -0.25) is 9.78 Å². The zero-order chi connectivity index (χ0) is 13.7. The van der Waals surface area contributed by atoms with Crippen LogP contribution in [0.1, 0.15) is 38.2 Å². The van der Waals surface area contributed by atoms with Gasteiger partial charge >= 0.3 is 0 Å². The van der Waals surface area contributed by atoms with Gasteiger partial charge in [0.05, 0.1) is 5.71 Å². The largest absolute Gasteiger partial charge is 0.411 e. The minimum absolute atomic E-state index is 0.0201. The number of nitrogens with one attached hydrogen (secondary N) is 1. The second-order valence-corrected chi connectivity index (χ2v) is 4.98. The number of aromatic nitrogens is 1. The van der Waals surface area contributed by atoms with Crippen LogP contribution in [-0.2, 0) is 4.79 Å². The van der Waals surface area contributed by atoms with Crippen molar-refractivity contribution < 1.29 is 10.0 Å².